The van der Waals surface area contributed by atoms with Gasteiger partial charge in [-0.3, -0.25) is 4.79 Å². The lowest BCUT2D eigenvalue weighted by Crippen LogP contribution is -2.27. The number of fused-ring (bicyclic) bond motifs is 1. The lowest BCUT2D eigenvalue weighted by molar-refractivity contribution is 0.0941. The standard InChI is InChI=1S/C21H22N6O2/c1-12(2)18-9-17(19-14(4)26-29-21(19)25-18)20(28)24-13(3)15-5-7-16(8-6-15)27-11-22-10-23-27/h5-13H,1-4H3,(H,24,28). The predicted octanol–water partition coefficient (Wildman–Crippen LogP) is 3.73. The third kappa shape index (κ3) is 3.61. The molecule has 0 saturated heterocycles. The van der Waals surface area contributed by atoms with Crippen molar-refractivity contribution in [2.75, 3.05) is 0 Å². The minimum absolute atomic E-state index is 0.165. The highest BCUT2D eigenvalue weighted by Gasteiger charge is 2.21. The van der Waals surface area contributed by atoms with Crippen molar-refractivity contribution in [3.05, 3.63) is 65.5 Å². The molecule has 0 aliphatic carbocycles. The van der Waals surface area contributed by atoms with Gasteiger partial charge in [-0.2, -0.15) is 5.10 Å². The summed E-state index contributed by atoms with van der Waals surface area (Å²) in [6, 6.07) is 9.46. The van der Waals surface area contributed by atoms with E-state index in [-0.39, 0.29) is 17.9 Å². The van der Waals surface area contributed by atoms with Gasteiger partial charge in [-0.25, -0.2) is 14.6 Å². The van der Waals surface area contributed by atoms with Crippen LogP contribution < -0.4 is 5.32 Å². The average molecular weight is 390 g/mol. The lowest BCUT2D eigenvalue weighted by atomic mass is 10.0. The number of hydrogen-bond acceptors (Lipinski definition) is 6. The SMILES string of the molecule is Cc1noc2nc(C(C)C)cc(C(=O)NC(C)c3ccc(-n4cncn4)cc3)c12. The van der Waals surface area contributed by atoms with Crippen LogP contribution >= 0.6 is 0 Å². The molecular formula is C21H22N6O2. The van der Waals surface area contributed by atoms with Crippen LogP contribution in [0.4, 0.5) is 0 Å². The zero-order valence-corrected chi connectivity index (χ0v) is 16.7. The van der Waals surface area contributed by atoms with Gasteiger partial charge in [0.2, 0.25) is 0 Å². The van der Waals surface area contributed by atoms with Gasteiger partial charge in [0.05, 0.1) is 28.4 Å². The molecule has 1 unspecified atom stereocenters. The molecule has 0 bridgehead atoms. The molecule has 148 valence electrons. The number of hydrogen-bond donors (Lipinski definition) is 1. The third-order valence-corrected chi connectivity index (χ3v) is 4.90. The van der Waals surface area contributed by atoms with Crippen LogP contribution in [0.1, 0.15) is 60.0 Å². The van der Waals surface area contributed by atoms with Crippen LogP contribution in [0.3, 0.4) is 0 Å². The molecule has 0 aliphatic rings. The van der Waals surface area contributed by atoms with Crippen molar-refractivity contribution >= 4 is 17.0 Å². The summed E-state index contributed by atoms with van der Waals surface area (Å²) in [6.07, 6.45) is 3.13. The number of aryl methyl sites for hydroxylation is 1. The van der Waals surface area contributed by atoms with E-state index in [2.05, 4.69) is 25.5 Å². The maximum atomic E-state index is 13.1. The summed E-state index contributed by atoms with van der Waals surface area (Å²) in [7, 11) is 0. The molecule has 1 aromatic carbocycles. The van der Waals surface area contributed by atoms with Crippen molar-refractivity contribution in [1.29, 1.82) is 0 Å². The van der Waals surface area contributed by atoms with E-state index >= 15 is 0 Å². The van der Waals surface area contributed by atoms with Gasteiger partial charge >= 0.3 is 0 Å². The largest absolute Gasteiger partial charge is 0.345 e. The van der Waals surface area contributed by atoms with E-state index in [1.807, 2.05) is 58.0 Å². The van der Waals surface area contributed by atoms with E-state index < -0.39 is 0 Å². The molecule has 8 nitrogen and oxygen atoms in total. The molecule has 3 heterocycles. The van der Waals surface area contributed by atoms with E-state index in [1.165, 1.54) is 6.33 Å². The number of pyridine rings is 1. The van der Waals surface area contributed by atoms with Crippen molar-refractivity contribution < 1.29 is 9.32 Å². The molecule has 0 saturated carbocycles. The van der Waals surface area contributed by atoms with Crippen molar-refractivity contribution in [3.8, 4) is 5.69 Å². The molecule has 29 heavy (non-hydrogen) atoms. The molecule has 4 rings (SSSR count). The number of benzene rings is 1. The summed E-state index contributed by atoms with van der Waals surface area (Å²) in [5, 5.41) is 11.8. The normalized spacial score (nSPS) is 12.4. The van der Waals surface area contributed by atoms with Gasteiger partial charge in [-0.1, -0.05) is 31.1 Å². The van der Waals surface area contributed by atoms with Gasteiger partial charge in [0.15, 0.2) is 0 Å². The lowest BCUT2D eigenvalue weighted by Gasteiger charge is -2.16. The highest BCUT2D eigenvalue weighted by atomic mass is 16.5. The minimum Gasteiger partial charge on any atom is -0.345 e. The number of aromatic nitrogens is 5. The monoisotopic (exact) mass is 390 g/mol. The Kier molecular flexibility index (Phi) is 4.84. The average Bonchev–Trinajstić information content (AvgIpc) is 3.38. The zero-order chi connectivity index (χ0) is 20.5. The highest BCUT2D eigenvalue weighted by molar-refractivity contribution is 6.06. The molecule has 0 fully saturated rings. The van der Waals surface area contributed by atoms with Crippen LogP contribution in [0.25, 0.3) is 16.8 Å². The first kappa shape index (κ1) is 18.8. The fourth-order valence-corrected chi connectivity index (χ4v) is 3.20. The number of nitrogens with zero attached hydrogens (tertiary/aromatic N) is 5. The summed E-state index contributed by atoms with van der Waals surface area (Å²) >= 11 is 0. The fraction of sp³-hybridized carbons (Fsp3) is 0.286. The maximum absolute atomic E-state index is 13.1. The second-order valence-corrected chi connectivity index (χ2v) is 7.32. The van der Waals surface area contributed by atoms with Crippen LogP contribution in [0.2, 0.25) is 0 Å². The number of nitrogens with one attached hydrogen (secondary N) is 1. The first-order valence-electron chi connectivity index (χ1n) is 9.46. The van der Waals surface area contributed by atoms with Crippen LogP contribution in [0, 0.1) is 6.92 Å². The third-order valence-electron chi connectivity index (χ3n) is 4.90. The van der Waals surface area contributed by atoms with Crippen molar-refractivity contribution in [1.82, 2.24) is 30.2 Å². The summed E-state index contributed by atoms with van der Waals surface area (Å²) in [5.74, 6) is -0.0171. The zero-order valence-electron chi connectivity index (χ0n) is 16.7. The fourth-order valence-electron chi connectivity index (χ4n) is 3.20. The minimum atomic E-state index is -0.182. The number of rotatable bonds is 5. The quantitative estimate of drug-likeness (QED) is 0.557. The molecule has 0 spiro atoms. The summed E-state index contributed by atoms with van der Waals surface area (Å²) in [5.41, 5.74) is 4.26. The molecule has 4 aromatic rings. The number of carbonyl (C=O) groups excluding carboxylic acids is 1. The van der Waals surface area contributed by atoms with E-state index in [4.69, 9.17) is 4.52 Å². The van der Waals surface area contributed by atoms with Crippen LogP contribution in [-0.4, -0.2) is 30.8 Å². The Hall–Kier alpha value is -3.55. The second kappa shape index (κ2) is 7.46. The number of amides is 1. The molecule has 3 aromatic heterocycles. The Morgan fingerprint density at radius 3 is 2.59 bits per heavy atom. The first-order valence-corrected chi connectivity index (χ1v) is 9.46. The highest BCUT2D eigenvalue weighted by Crippen LogP contribution is 2.26. The predicted molar refractivity (Wildman–Crippen MR) is 108 cm³/mol. The van der Waals surface area contributed by atoms with Crippen molar-refractivity contribution in [2.24, 2.45) is 0 Å². The van der Waals surface area contributed by atoms with Gasteiger partial charge in [0.25, 0.3) is 11.6 Å². The van der Waals surface area contributed by atoms with Gasteiger partial charge in [0.1, 0.15) is 12.7 Å². The van der Waals surface area contributed by atoms with E-state index in [9.17, 15) is 4.79 Å². The van der Waals surface area contributed by atoms with Crippen molar-refractivity contribution in [2.45, 2.75) is 39.7 Å². The molecule has 1 N–H and O–H groups in total. The molecular weight excluding hydrogens is 368 g/mol. The Bertz CT molecular complexity index is 1150. The molecule has 0 aliphatic heterocycles. The number of carbonyl (C=O) groups is 1. The Morgan fingerprint density at radius 2 is 1.93 bits per heavy atom. The van der Waals surface area contributed by atoms with Crippen LogP contribution in [-0.2, 0) is 0 Å². The molecule has 1 amide bonds. The first-order chi connectivity index (χ1) is 13.9. The van der Waals surface area contributed by atoms with E-state index in [1.54, 1.807) is 11.0 Å². The Balaban J connectivity index is 1.60. The topological polar surface area (TPSA) is 98.7 Å². The smallest absolute Gasteiger partial charge is 0.259 e. The van der Waals surface area contributed by atoms with Gasteiger partial charge in [-0.15, -0.1) is 0 Å². The maximum Gasteiger partial charge on any atom is 0.259 e. The Labute approximate surface area is 168 Å². The summed E-state index contributed by atoms with van der Waals surface area (Å²) < 4.78 is 7.00. The summed E-state index contributed by atoms with van der Waals surface area (Å²) in [4.78, 5) is 21.5. The van der Waals surface area contributed by atoms with Gasteiger partial charge in [0, 0.05) is 5.69 Å². The van der Waals surface area contributed by atoms with Crippen LogP contribution in [0.15, 0.2) is 47.5 Å². The van der Waals surface area contributed by atoms with Crippen molar-refractivity contribution in [3.63, 3.8) is 0 Å². The van der Waals surface area contributed by atoms with E-state index in [0.717, 1.165) is 16.9 Å². The molecule has 0 radical (unpaired) electrons. The van der Waals surface area contributed by atoms with Crippen LogP contribution in [0.5, 0.6) is 0 Å². The Morgan fingerprint density at radius 1 is 1.17 bits per heavy atom. The summed E-state index contributed by atoms with van der Waals surface area (Å²) in [6.45, 7) is 7.81. The molecule has 8 heteroatoms. The molecule has 1 atom stereocenters. The van der Waals surface area contributed by atoms with Gasteiger partial charge < -0.3 is 9.84 Å². The van der Waals surface area contributed by atoms with E-state index in [0.29, 0.717) is 22.4 Å². The second-order valence-electron chi connectivity index (χ2n) is 7.32. The van der Waals surface area contributed by atoms with Gasteiger partial charge in [-0.05, 0) is 43.5 Å².